The lowest BCUT2D eigenvalue weighted by atomic mass is 10.1. The van der Waals surface area contributed by atoms with Crippen molar-refractivity contribution in [2.75, 3.05) is 26.1 Å². The summed E-state index contributed by atoms with van der Waals surface area (Å²) in [7, 11) is 3.16. The summed E-state index contributed by atoms with van der Waals surface area (Å²) in [6.07, 6.45) is 1.83. The number of ether oxygens (including phenoxy) is 2. The molecule has 0 spiro atoms. The van der Waals surface area contributed by atoms with Crippen LogP contribution >= 0.6 is 11.6 Å². The van der Waals surface area contributed by atoms with Crippen molar-refractivity contribution < 1.29 is 19.1 Å². The minimum atomic E-state index is -0.398. The number of amides is 2. The zero-order chi connectivity index (χ0) is 29.5. The Bertz CT molecular complexity index is 1670. The molecule has 0 saturated carbocycles. The van der Waals surface area contributed by atoms with E-state index in [0.717, 1.165) is 16.8 Å². The van der Waals surface area contributed by atoms with Gasteiger partial charge in [-0.2, -0.15) is 0 Å². The first-order chi connectivity index (χ1) is 20.4. The molecule has 0 radical (unpaired) electrons. The van der Waals surface area contributed by atoms with Crippen molar-refractivity contribution in [3.05, 3.63) is 125 Å². The molecule has 0 bridgehead atoms. The third kappa shape index (κ3) is 6.79. The van der Waals surface area contributed by atoms with Gasteiger partial charge in [0.25, 0.3) is 5.91 Å². The lowest BCUT2D eigenvalue weighted by Gasteiger charge is -2.23. The van der Waals surface area contributed by atoms with Crippen LogP contribution in [0.3, 0.4) is 0 Å². The standard InChI is InChI=1S/C33H29ClN4O4/c1-41-28-17-13-25(14-18-28)32(40)37(20-23-7-4-3-5-8-23)22-31(39)36-33-35-30(24-11-15-26(34)16-12-24)21-38(33)27-9-6-10-29(19-27)42-2/h3-19,21H,20,22H2,1-2H3,(H,35,36,39). The van der Waals surface area contributed by atoms with E-state index in [0.29, 0.717) is 33.7 Å². The van der Waals surface area contributed by atoms with Crippen LogP contribution < -0.4 is 14.8 Å². The van der Waals surface area contributed by atoms with E-state index in [-0.39, 0.29) is 19.0 Å². The third-order valence-electron chi connectivity index (χ3n) is 6.60. The predicted molar refractivity (Wildman–Crippen MR) is 163 cm³/mol. The number of carbonyl (C=O) groups excluding carboxylic acids is 2. The average Bonchev–Trinajstić information content (AvgIpc) is 3.44. The van der Waals surface area contributed by atoms with E-state index >= 15 is 0 Å². The molecule has 1 aromatic heterocycles. The fourth-order valence-electron chi connectivity index (χ4n) is 4.44. The molecule has 0 fully saturated rings. The number of hydrogen-bond donors (Lipinski definition) is 1. The van der Waals surface area contributed by atoms with Crippen LogP contribution in [-0.2, 0) is 11.3 Å². The van der Waals surface area contributed by atoms with E-state index in [4.69, 9.17) is 26.1 Å². The zero-order valence-electron chi connectivity index (χ0n) is 23.2. The van der Waals surface area contributed by atoms with Crippen LogP contribution in [-0.4, -0.2) is 47.0 Å². The van der Waals surface area contributed by atoms with Gasteiger partial charge in [-0.1, -0.05) is 60.1 Å². The highest BCUT2D eigenvalue weighted by Crippen LogP contribution is 2.27. The number of rotatable bonds is 10. The van der Waals surface area contributed by atoms with Crippen LogP contribution in [0.15, 0.2) is 109 Å². The van der Waals surface area contributed by atoms with Gasteiger partial charge in [0, 0.05) is 35.0 Å². The molecule has 8 nitrogen and oxygen atoms in total. The molecule has 5 rings (SSSR count). The molecule has 1 N–H and O–H groups in total. The fourth-order valence-corrected chi connectivity index (χ4v) is 4.57. The van der Waals surface area contributed by atoms with Crippen molar-refractivity contribution >= 4 is 29.4 Å². The molecule has 0 aliphatic carbocycles. The van der Waals surface area contributed by atoms with E-state index < -0.39 is 5.91 Å². The largest absolute Gasteiger partial charge is 0.497 e. The number of anilines is 1. The number of imidazole rings is 1. The van der Waals surface area contributed by atoms with Crippen molar-refractivity contribution in [3.8, 4) is 28.4 Å². The van der Waals surface area contributed by atoms with Crippen LogP contribution in [0.1, 0.15) is 15.9 Å². The molecule has 5 aromatic rings. The van der Waals surface area contributed by atoms with Crippen LogP contribution in [0.2, 0.25) is 5.02 Å². The lowest BCUT2D eigenvalue weighted by molar-refractivity contribution is -0.117. The Morgan fingerprint density at radius 1 is 0.857 bits per heavy atom. The van der Waals surface area contributed by atoms with Gasteiger partial charge in [-0.25, -0.2) is 4.98 Å². The molecule has 9 heteroatoms. The van der Waals surface area contributed by atoms with Crippen LogP contribution in [0.25, 0.3) is 16.9 Å². The van der Waals surface area contributed by atoms with E-state index in [1.54, 1.807) is 55.2 Å². The normalized spacial score (nSPS) is 10.6. The van der Waals surface area contributed by atoms with E-state index in [1.807, 2.05) is 72.9 Å². The maximum Gasteiger partial charge on any atom is 0.254 e. The maximum absolute atomic E-state index is 13.6. The lowest BCUT2D eigenvalue weighted by Crippen LogP contribution is -2.38. The van der Waals surface area contributed by atoms with Gasteiger partial charge in [0.15, 0.2) is 0 Å². The second kappa shape index (κ2) is 13.1. The second-order valence-corrected chi connectivity index (χ2v) is 9.89. The van der Waals surface area contributed by atoms with Gasteiger partial charge in [0.05, 0.1) is 25.6 Å². The number of halogens is 1. The molecular weight excluding hydrogens is 552 g/mol. The average molecular weight is 581 g/mol. The molecule has 2 amide bonds. The quantitative estimate of drug-likeness (QED) is 0.204. The van der Waals surface area contributed by atoms with Crippen molar-refractivity contribution in [3.63, 3.8) is 0 Å². The summed E-state index contributed by atoms with van der Waals surface area (Å²) in [6.45, 7) is 0.0560. The predicted octanol–water partition coefficient (Wildman–Crippen LogP) is 6.49. The molecule has 1 heterocycles. The van der Waals surface area contributed by atoms with Gasteiger partial charge in [-0.3, -0.25) is 19.5 Å². The summed E-state index contributed by atoms with van der Waals surface area (Å²) in [5, 5.41) is 3.53. The summed E-state index contributed by atoms with van der Waals surface area (Å²) in [5.74, 6) is 0.917. The zero-order valence-corrected chi connectivity index (χ0v) is 23.9. The summed E-state index contributed by atoms with van der Waals surface area (Å²) < 4.78 is 12.4. The van der Waals surface area contributed by atoms with Crippen molar-refractivity contribution in [2.45, 2.75) is 6.54 Å². The van der Waals surface area contributed by atoms with Gasteiger partial charge < -0.3 is 14.4 Å². The van der Waals surface area contributed by atoms with E-state index in [9.17, 15) is 9.59 Å². The van der Waals surface area contributed by atoms with Crippen LogP contribution in [0, 0.1) is 0 Å². The Hall–Kier alpha value is -5.08. The molecule has 0 saturated heterocycles. The smallest absolute Gasteiger partial charge is 0.254 e. The summed E-state index contributed by atoms with van der Waals surface area (Å²) in [4.78, 5) is 33.3. The number of nitrogens with zero attached hydrogens (tertiary/aromatic N) is 3. The molecule has 0 aliphatic rings. The molecule has 0 unspecified atom stereocenters. The van der Waals surface area contributed by atoms with Gasteiger partial charge in [0.2, 0.25) is 11.9 Å². The van der Waals surface area contributed by atoms with Gasteiger partial charge in [-0.05, 0) is 54.1 Å². The molecule has 0 atom stereocenters. The molecule has 4 aromatic carbocycles. The van der Waals surface area contributed by atoms with Crippen LogP contribution in [0.4, 0.5) is 5.95 Å². The maximum atomic E-state index is 13.6. The first-order valence-corrected chi connectivity index (χ1v) is 13.6. The number of carbonyl (C=O) groups is 2. The number of aromatic nitrogens is 2. The number of hydrogen-bond acceptors (Lipinski definition) is 5. The molecular formula is C33H29ClN4O4. The first kappa shape index (κ1) is 28.4. The van der Waals surface area contributed by atoms with Gasteiger partial charge >= 0.3 is 0 Å². The second-order valence-electron chi connectivity index (χ2n) is 9.45. The van der Waals surface area contributed by atoms with Gasteiger partial charge in [-0.15, -0.1) is 0 Å². The molecule has 0 aliphatic heterocycles. The number of nitrogens with one attached hydrogen (secondary N) is 1. The first-order valence-electron chi connectivity index (χ1n) is 13.2. The van der Waals surface area contributed by atoms with Crippen molar-refractivity contribution in [2.24, 2.45) is 0 Å². The Kier molecular flexibility index (Phi) is 8.84. The monoisotopic (exact) mass is 580 g/mol. The third-order valence-corrected chi connectivity index (χ3v) is 6.86. The Morgan fingerprint density at radius 3 is 2.26 bits per heavy atom. The highest BCUT2D eigenvalue weighted by molar-refractivity contribution is 6.30. The van der Waals surface area contributed by atoms with Crippen molar-refractivity contribution in [1.82, 2.24) is 14.5 Å². The summed E-state index contributed by atoms with van der Waals surface area (Å²) >= 11 is 6.09. The SMILES string of the molecule is COc1ccc(C(=O)N(CC(=O)Nc2nc(-c3ccc(Cl)cc3)cn2-c2cccc(OC)c2)Cc2ccccc2)cc1. The fraction of sp³-hybridized carbons (Fsp3) is 0.121. The number of methoxy groups -OCH3 is 2. The van der Waals surface area contributed by atoms with Gasteiger partial charge in [0.1, 0.15) is 18.0 Å². The Labute approximate surface area is 249 Å². The highest BCUT2D eigenvalue weighted by atomic mass is 35.5. The van der Waals surface area contributed by atoms with Crippen molar-refractivity contribution in [1.29, 1.82) is 0 Å². The number of benzene rings is 4. The van der Waals surface area contributed by atoms with E-state index in [2.05, 4.69) is 5.32 Å². The minimum absolute atomic E-state index is 0.193. The Morgan fingerprint density at radius 2 is 1.57 bits per heavy atom. The summed E-state index contributed by atoms with van der Waals surface area (Å²) in [6, 6.07) is 31.1. The summed E-state index contributed by atoms with van der Waals surface area (Å²) in [5.41, 5.74) is 3.56. The topological polar surface area (TPSA) is 85.7 Å². The minimum Gasteiger partial charge on any atom is -0.497 e. The Balaban J connectivity index is 1.44. The highest BCUT2D eigenvalue weighted by Gasteiger charge is 2.22. The molecule has 212 valence electrons. The van der Waals surface area contributed by atoms with E-state index in [1.165, 1.54) is 4.90 Å². The van der Waals surface area contributed by atoms with Crippen LogP contribution in [0.5, 0.6) is 11.5 Å². The molecule has 42 heavy (non-hydrogen) atoms.